The van der Waals surface area contributed by atoms with E-state index in [1.54, 1.807) is 19.9 Å². The summed E-state index contributed by atoms with van der Waals surface area (Å²) in [4.78, 5) is 27.4. The first kappa shape index (κ1) is 18.7. The van der Waals surface area contributed by atoms with Gasteiger partial charge in [0.15, 0.2) is 0 Å². The van der Waals surface area contributed by atoms with Crippen LogP contribution in [0.25, 0.3) is 0 Å². The van der Waals surface area contributed by atoms with Gasteiger partial charge in [0.2, 0.25) is 0 Å². The van der Waals surface area contributed by atoms with Gasteiger partial charge in [0.1, 0.15) is 17.2 Å². The Morgan fingerprint density at radius 2 is 1.72 bits per heavy atom. The molecule has 0 unspecified atom stereocenters. The lowest BCUT2D eigenvalue weighted by molar-refractivity contribution is 0.0599. The van der Waals surface area contributed by atoms with Crippen LogP contribution in [-0.4, -0.2) is 38.2 Å². The molecule has 0 radical (unpaired) electrons. The highest BCUT2D eigenvalue weighted by Crippen LogP contribution is 2.36. The van der Waals surface area contributed by atoms with Gasteiger partial charge in [-0.25, -0.2) is 4.79 Å². The second kappa shape index (κ2) is 7.48. The summed E-state index contributed by atoms with van der Waals surface area (Å²) in [6.07, 6.45) is 0. The highest BCUT2D eigenvalue weighted by atomic mass is 35.5. The van der Waals surface area contributed by atoms with Gasteiger partial charge in [-0.05, 0) is 25.5 Å². The molecule has 1 aromatic carbocycles. The van der Waals surface area contributed by atoms with Crippen molar-refractivity contribution in [3.63, 3.8) is 0 Å². The number of halogens is 1. The second-order valence-electron chi connectivity index (χ2n) is 5.26. The number of aryl methyl sites for hydroxylation is 1. The number of anilines is 1. The maximum absolute atomic E-state index is 12.6. The summed E-state index contributed by atoms with van der Waals surface area (Å²) in [5.41, 5.74) is 2.03. The molecule has 0 saturated carbocycles. The quantitative estimate of drug-likeness (QED) is 0.792. The van der Waals surface area contributed by atoms with E-state index in [-0.39, 0.29) is 5.69 Å². The number of nitrogens with one attached hydrogen (secondary N) is 2. The van der Waals surface area contributed by atoms with Gasteiger partial charge in [0.25, 0.3) is 5.91 Å². The van der Waals surface area contributed by atoms with Crippen molar-refractivity contribution in [3.8, 4) is 11.5 Å². The lowest BCUT2D eigenvalue weighted by Crippen LogP contribution is -2.15. The summed E-state index contributed by atoms with van der Waals surface area (Å²) in [5, 5.41) is 3.05. The molecule has 7 nitrogen and oxygen atoms in total. The van der Waals surface area contributed by atoms with E-state index in [2.05, 4.69) is 10.3 Å². The second-order valence-corrected chi connectivity index (χ2v) is 5.66. The Morgan fingerprint density at radius 3 is 2.28 bits per heavy atom. The van der Waals surface area contributed by atoms with Gasteiger partial charge in [-0.15, -0.1) is 0 Å². The van der Waals surface area contributed by atoms with Gasteiger partial charge in [-0.1, -0.05) is 11.6 Å². The van der Waals surface area contributed by atoms with E-state index >= 15 is 0 Å². The molecular weight excluding hydrogens is 348 g/mol. The van der Waals surface area contributed by atoms with Crippen LogP contribution in [0.4, 0.5) is 5.69 Å². The predicted molar refractivity (Wildman–Crippen MR) is 94.1 cm³/mol. The number of amides is 1. The van der Waals surface area contributed by atoms with Crippen LogP contribution in [0, 0.1) is 13.8 Å². The molecule has 2 aromatic rings. The zero-order valence-electron chi connectivity index (χ0n) is 14.6. The molecule has 134 valence electrons. The number of aromatic nitrogens is 1. The highest BCUT2D eigenvalue weighted by Gasteiger charge is 2.23. The van der Waals surface area contributed by atoms with Gasteiger partial charge >= 0.3 is 5.97 Å². The third kappa shape index (κ3) is 3.56. The number of ether oxygens (including phenoxy) is 3. The minimum absolute atomic E-state index is 0.256. The van der Waals surface area contributed by atoms with Crippen molar-refractivity contribution in [2.75, 3.05) is 26.6 Å². The maximum atomic E-state index is 12.6. The number of esters is 1. The Bertz CT molecular complexity index is 829. The van der Waals surface area contributed by atoms with E-state index in [9.17, 15) is 9.59 Å². The Hall–Kier alpha value is -2.67. The number of benzene rings is 1. The van der Waals surface area contributed by atoms with Crippen LogP contribution >= 0.6 is 11.6 Å². The summed E-state index contributed by atoms with van der Waals surface area (Å²) in [7, 11) is 4.24. The summed E-state index contributed by atoms with van der Waals surface area (Å²) in [6.45, 7) is 3.36. The van der Waals surface area contributed by atoms with Crippen LogP contribution in [0.3, 0.4) is 0 Å². The van der Waals surface area contributed by atoms with Gasteiger partial charge < -0.3 is 24.5 Å². The SMILES string of the molecule is COC(=O)c1c(C)[nH]c(C(=O)Nc2cc(Cl)c(OC)cc2OC)c1C. The van der Waals surface area contributed by atoms with Gasteiger partial charge in [-0.3, -0.25) is 4.79 Å². The van der Waals surface area contributed by atoms with E-state index in [1.807, 2.05) is 0 Å². The molecule has 0 saturated heterocycles. The Kier molecular flexibility index (Phi) is 5.58. The van der Waals surface area contributed by atoms with Crippen LogP contribution in [0.2, 0.25) is 5.02 Å². The van der Waals surface area contributed by atoms with Crippen molar-refractivity contribution in [1.29, 1.82) is 0 Å². The lowest BCUT2D eigenvalue weighted by atomic mass is 10.1. The fraction of sp³-hybridized carbons (Fsp3) is 0.294. The number of carbonyl (C=O) groups is 2. The topological polar surface area (TPSA) is 89.7 Å². The average molecular weight is 367 g/mol. The zero-order chi connectivity index (χ0) is 18.7. The number of hydrogen-bond donors (Lipinski definition) is 2. The summed E-state index contributed by atoms with van der Waals surface area (Å²) in [5.74, 6) is -0.120. The summed E-state index contributed by atoms with van der Waals surface area (Å²) < 4.78 is 15.1. The van der Waals surface area contributed by atoms with Crippen molar-refractivity contribution < 1.29 is 23.8 Å². The van der Waals surface area contributed by atoms with Gasteiger partial charge in [0.05, 0.1) is 37.6 Å². The number of aromatic amines is 1. The van der Waals surface area contributed by atoms with Crippen molar-refractivity contribution >= 4 is 29.2 Å². The molecule has 0 aliphatic rings. The molecule has 25 heavy (non-hydrogen) atoms. The Balaban J connectivity index is 2.38. The molecule has 2 rings (SSSR count). The highest BCUT2D eigenvalue weighted by molar-refractivity contribution is 6.32. The molecule has 1 amide bonds. The molecule has 0 aliphatic heterocycles. The first-order valence-electron chi connectivity index (χ1n) is 7.34. The predicted octanol–water partition coefficient (Wildman–Crippen LogP) is 3.34. The summed E-state index contributed by atoms with van der Waals surface area (Å²) >= 11 is 6.11. The number of rotatable bonds is 5. The number of hydrogen-bond acceptors (Lipinski definition) is 5. The van der Waals surface area contributed by atoms with Crippen LogP contribution in [0.1, 0.15) is 32.1 Å². The van der Waals surface area contributed by atoms with Crippen LogP contribution < -0.4 is 14.8 Å². The largest absolute Gasteiger partial charge is 0.495 e. The number of carbonyl (C=O) groups excluding carboxylic acids is 2. The van der Waals surface area contributed by atoms with E-state index < -0.39 is 11.9 Å². The molecule has 0 fully saturated rings. The molecule has 8 heteroatoms. The van der Waals surface area contributed by atoms with Crippen LogP contribution in [0.5, 0.6) is 11.5 Å². The number of methoxy groups -OCH3 is 3. The van der Waals surface area contributed by atoms with Crippen LogP contribution in [0.15, 0.2) is 12.1 Å². The van der Waals surface area contributed by atoms with Crippen molar-refractivity contribution in [2.45, 2.75) is 13.8 Å². The zero-order valence-corrected chi connectivity index (χ0v) is 15.3. The van der Waals surface area contributed by atoms with E-state index in [1.165, 1.54) is 27.4 Å². The summed E-state index contributed by atoms with van der Waals surface area (Å²) in [6, 6.07) is 3.11. The molecule has 0 aliphatic carbocycles. The molecule has 1 aromatic heterocycles. The molecule has 0 spiro atoms. The smallest absolute Gasteiger partial charge is 0.339 e. The van der Waals surface area contributed by atoms with E-state index in [0.717, 1.165) is 0 Å². The first-order valence-corrected chi connectivity index (χ1v) is 7.72. The van der Waals surface area contributed by atoms with Gasteiger partial charge in [0, 0.05) is 11.8 Å². The minimum atomic E-state index is -0.504. The maximum Gasteiger partial charge on any atom is 0.339 e. The van der Waals surface area contributed by atoms with Gasteiger partial charge in [-0.2, -0.15) is 0 Å². The fourth-order valence-electron chi connectivity index (χ4n) is 2.53. The molecule has 2 N–H and O–H groups in total. The average Bonchev–Trinajstić information content (AvgIpc) is 2.89. The standard InChI is InChI=1S/C17H19ClN2O5/c1-8-14(17(22)25-5)9(2)19-15(8)16(21)20-11-6-10(18)12(23-3)7-13(11)24-4/h6-7,19H,1-5H3,(H,20,21). The molecule has 0 atom stereocenters. The lowest BCUT2D eigenvalue weighted by Gasteiger charge is -2.13. The normalized spacial score (nSPS) is 10.3. The van der Waals surface area contributed by atoms with E-state index in [0.29, 0.717) is 39.0 Å². The third-order valence-electron chi connectivity index (χ3n) is 3.78. The molecular formula is C17H19ClN2O5. The monoisotopic (exact) mass is 366 g/mol. The van der Waals surface area contributed by atoms with Crippen molar-refractivity contribution in [1.82, 2.24) is 4.98 Å². The van der Waals surface area contributed by atoms with Crippen molar-refractivity contribution in [2.24, 2.45) is 0 Å². The first-order chi connectivity index (χ1) is 11.8. The van der Waals surface area contributed by atoms with Crippen LogP contribution in [-0.2, 0) is 4.74 Å². The molecule has 0 bridgehead atoms. The molecule has 1 heterocycles. The third-order valence-corrected chi connectivity index (χ3v) is 4.07. The fourth-order valence-corrected chi connectivity index (χ4v) is 2.77. The van der Waals surface area contributed by atoms with E-state index in [4.69, 9.17) is 25.8 Å². The Morgan fingerprint density at radius 1 is 1.08 bits per heavy atom. The Labute approximate surface area is 150 Å². The minimum Gasteiger partial charge on any atom is -0.495 e. The van der Waals surface area contributed by atoms with Crippen molar-refractivity contribution in [3.05, 3.63) is 39.7 Å². The number of H-pyrrole nitrogens is 1.